The topological polar surface area (TPSA) is 105 Å². The highest BCUT2D eigenvalue weighted by atomic mass is 32.2. The van der Waals surface area contributed by atoms with Crippen LogP contribution in [0, 0.1) is 0 Å². The Hall–Kier alpha value is -2.22. The summed E-state index contributed by atoms with van der Waals surface area (Å²) >= 11 is 1.19. The number of hydrogen-bond acceptors (Lipinski definition) is 5. The van der Waals surface area contributed by atoms with E-state index in [1.54, 1.807) is 12.1 Å². The van der Waals surface area contributed by atoms with Gasteiger partial charge in [0.15, 0.2) is 0 Å². The molecule has 1 atom stereocenters. The lowest BCUT2D eigenvalue weighted by Gasteiger charge is -2.14. The summed E-state index contributed by atoms with van der Waals surface area (Å²) in [5.74, 6) is -0.961. The van der Waals surface area contributed by atoms with Crippen molar-refractivity contribution in [1.82, 2.24) is 10.6 Å². The van der Waals surface area contributed by atoms with Crippen LogP contribution in [-0.4, -0.2) is 40.7 Å². The number of alkyl carbamates (subject to hydrolysis) is 1. The molecule has 0 fully saturated rings. The summed E-state index contributed by atoms with van der Waals surface area (Å²) in [6, 6.07) is 7.99. The molecule has 8 heteroatoms. The molecule has 0 aliphatic carbocycles. The summed E-state index contributed by atoms with van der Waals surface area (Å²) in [7, 11) is 0. The lowest BCUT2D eigenvalue weighted by Crippen LogP contribution is -2.43. The number of nitrogens with one attached hydrogen (secondary N) is 2. The van der Waals surface area contributed by atoms with Crippen LogP contribution < -0.4 is 10.6 Å². The van der Waals surface area contributed by atoms with Gasteiger partial charge in [-0.2, -0.15) is 0 Å². The van der Waals surface area contributed by atoms with Gasteiger partial charge in [0.25, 0.3) is 0 Å². The van der Waals surface area contributed by atoms with Crippen LogP contribution in [0.1, 0.15) is 12.5 Å². The molecule has 120 valence electrons. The summed E-state index contributed by atoms with van der Waals surface area (Å²) < 4.78 is 4.96. The predicted molar refractivity (Wildman–Crippen MR) is 82.3 cm³/mol. The van der Waals surface area contributed by atoms with Gasteiger partial charge in [-0.3, -0.25) is 4.79 Å². The minimum absolute atomic E-state index is 0.0675. The number of carboxylic acids is 1. The number of carbonyl (C=O) groups is 3. The zero-order valence-corrected chi connectivity index (χ0v) is 12.9. The summed E-state index contributed by atoms with van der Waals surface area (Å²) in [5, 5.41) is 13.9. The Kier molecular flexibility index (Phi) is 7.84. The first kappa shape index (κ1) is 17.8. The molecule has 0 radical (unpaired) electrons. The molecule has 1 aromatic carbocycles. The summed E-state index contributed by atoms with van der Waals surface area (Å²) in [4.78, 5) is 33.4. The van der Waals surface area contributed by atoms with E-state index in [1.807, 2.05) is 18.2 Å². The highest BCUT2D eigenvalue weighted by molar-refractivity contribution is 7.99. The van der Waals surface area contributed by atoms with Crippen molar-refractivity contribution in [2.24, 2.45) is 0 Å². The molecule has 0 aromatic heterocycles. The van der Waals surface area contributed by atoms with Crippen molar-refractivity contribution in [2.75, 3.05) is 11.6 Å². The van der Waals surface area contributed by atoms with Gasteiger partial charge in [-0.15, -0.1) is 11.8 Å². The number of hydrogen-bond donors (Lipinski definition) is 3. The molecule has 7 nitrogen and oxygen atoms in total. The number of carbonyl (C=O) groups excluding carboxylic acids is 2. The molecule has 22 heavy (non-hydrogen) atoms. The lowest BCUT2D eigenvalue weighted by molar-refractivity contribution is -0.138. The highest BCUT2D eigenvalue weighted by Crippen LogP contribution is 2.04. The first-order valence-electron chi connectivity index (χ1n) is 6.51. The molecule has 1 aromatic rings. The molecule has 0 heterocycles. The van der Waals surface area contributed by atoms with E-state index in [1.165, 1.54) is 18.7 Å². The summed E-state index contributed by atoms with van der Waals surface area (Å²) in [6.45, 7) is 1.44. The third-order valence-corrected chi connectivity index (χ3v) is 3.43. The van der Waals surface area contributed by atoms with Crippen molar-refractivity contribution in [3.63, 3.8) is 0 Å². The van der Waals surface area contributed by atoms with Crippen molar-refractivity contribution >= 4 is 29.7 Å². The minimum atomic E-state index is -1.16. The van der Waals surface area contributed by atoms with Crippen molar-refractivity contribution in [1.29, 1.82) is 0 Å². The third-order valence-electron chi connectivity index (χ3n) is 2.51. The van der Waals surface area contributed by atoms with Gasteiger partial charge in [0, 0.05) is 12.7 Å². The average molecular weight is 326 g/mol. The Balaban J connectivity index is 2.34. The summed E-state index contributed by atoms with van der Waals surface area (Å²) in [6.07, 6.45) is -0.795. The molecule has 0 bridgehead atoms. The van der Waals surface area contributed by atoms with Gasteiger partial charge in [-0.25, -0.2) is 9.59 Å². The Labute approximate surface area is 132 Å². The summed E-state index contributed by atoms with van der Waals surface area (Å²) in [5.41, 5.74) is 0.810. The standard InChI is InChI=1S/C14H18N2O5S/c1-10(17)15-9-22-8-12(13(18)19)16-14(20)21-7-11-5-3-2-4-6-11/h2-6,12H,7-9H2,1H3,(H,15,17)(H,16,20)(H,18,19). The third kappa shape index (κ3) is 7.53. The van der Waals surface area contributed by atoms with Gasteiger partial charge < -0.3 is 20.5 Å². The number of benzene rings is 1. The zero-order chi connectivity index (χ0) is 16.4. The van der Waals surface area contributed by atoms with Crippen LogP contribution in [-0.2, 0) is 20.9 Å². The fourth-order valence-corrected chi connectivity index (χ4v) is 2.30. The van der Waals surface area contributed by atoms with Gasteiger partial charge in [-0.05, 0) is 5.56 Å². The molecular formula is C14H18N2O5S. The van der Waals surface area contributed by atoms with Crippen molar-refractivity contribution < 1.29 is 24.2 Å². The SMILES string of the molecule is CC(=O)NCSCC(NC(=O)OCc1ccccc1)C(=O)O. The molecule has 0 saturated carbocycles. The second-order valence-electron chi connectivity index (χ2n) is 4.34. The second-order valence-corrected chi connectivity index (χ2v) is 5.38. The molecule has 0 saturated heterocycles. The van der Waals surface area contributed by atoms with Crippen molar-refractivity contribution in [3.8, 4) is 0 Å². The van der Waals surface area contributed by atoms with Gasteiger partial charge in [-0.1, -0.05) is 30.3 Å². The van der Waals surface area contributed by atoms with E-state index in [-0.39, 0.29) is 24.1 Å². The van der Waals surface area contributed by atoms with Crippen molar-refractivity contribution in [3.05, 3.63) is 35.9 Å². The average Bonchev–Trinajstić information content (AvgIpc) is 2.48. The smallest absolute Gasteiger partial charge is 0.408 e. The van der Waals surface area contributed by atoms with Gasteiger partial charge in [0.05, 0.1) is 5.88 Å². The normalized spacial score (nSPS) is 11.3. The van der Waals surface area contributed by atoms with E-state index in [4.69, 9.17) is 9.84 Å². The molecular weight excluding hydrogens is 308 g/mol. The van der Waals surface area contributed by atoms with Crippen molar-refractivity contribution in [2.45, 2.75) is 19.6 Å². The second kappa shape index (κ2) is 9.67. The van der Waals surface area contributed by atoms with Crippen LogP contribution in [0.5, 0.6) is 0 Å². The zero-order valence-electron chi connectivity index (χ0n) is 12.1. The lowest BCUT2D eigenvalue weighted by atomic mass is 10.2. The highest BCUT2D eigenvalue weighted by Gasteiger charge is 2.20. The Morgan fingerprint density at radius 3 is 2.55 bits per heavy atom. The number of aliphatic carboxylic acids is 1. The molecule has 1 rings (SSSR count). The fourth-order valence-electron chi connectivity index (χ4n) is 1.41. The molecule has 3 N–H and O–H groups in total. The van der Waals surface area contributed by atoms with Crippen LogP contribution in [0.4, 0.5) is 4.79 Å². The Morgan fingerprint density at radius 1 is 1.27 bits per heavy atom. The van der Waals surface area contributed by atoms with Crippen LogP contribution in [0.3, 0.4) is 0 Å². The van der Waals surface area contributed by atoms with Crippen LogP contribution in [0.15, 0.2) is 30.3 Å². The van der Waals surface area contributed by atoms with Crippen LogP contribution >= 0.6 is 11.8 Å². The molecule has 1 unspecified atom stereocenters. The molecule has 0 aliphatic heterocycles. The number of thioether (sulfide) groups is 1. The van der Waals surface area contributed by atoms with Crippen LogP contribution in [0.25, 0.3) is 0 Å². The quantitative estimate of drug-likeness (QED) is 0.490. The molecule has 0 aliphatic rings. The van der Waals surface area contributed by atoms with Gasteiger partial charge in [0.2, 0.25) is 5.91 Å². The number of carboxylic acid groups (broad SMARTS) is 1. The monoisotopic (exact) mass is 326 g/mol. The number of rotatable bonds is 8. The van der Waals surface area contributed by atoms with Gasteiger partial charge in [0.1, 0.15) is 12.6 Å². The fraction of sp³-hybridized carbons (Fsp3) is 0.357. The largest absolute Gasteiger partial charge is 0.480 e. The van der Waals surface area contributed by atoms with E-state index in [2.05, 4.69) is 10.6 Å². The van der Waals surface area contributed by atoms with Gasteiger partial charge >= 0.3 is 12.1 Å². The van der Waals surface area contributed by atoms with Crippen LogP contribution in [0.2, 0.25) is 0 Å². The maximum Gasteiger partial charge on any atom is 0.408 e. The van der Waals surface area contributed by atoms with E-state index >= 15 is 0 Å². The first-order valence-corrected chi connectivity index (χ1v) is 7.66. The maximum atomic E-state index is 11.6. The Morgan fingerprint density at radius 2 is 1.95 bits per heavy atom. The first-order chi connectivity index (χ1) is 10.5. The Bertz CT molecular complexity index is 509. The minimum Gasteiger partial charge on any atom is -0.480 e. The predicted octanol–water partition coefficient (Wildman–Crippen LogP) is 1.19. The van der Waals surface area contributed by atoms with E-state index < -0.39 is 18.1 Å². The van der Waals surface area contributed by atoms with E-state index in [0.29, 0.717) is 0 Å². The van der Waals surface area contributed by atoms with E-state index in [9.17, 15) is 14.4 Å². The molecule has 0 spiro atoms. The maximum absolute atomic E-state index is 11.6. The molecule has 2 amide bonds. The van der Waals surface area contributed by atoms with E-state index in [0.717, 1.165) is 5.56 Å². The number of ether oxygens (including phenoxy) is 1. The number of amides is 2.